The van der Waals surface area contributed by atoms with Crippen molar-refractivity contribution in [2.75, 3.05) is 19.5 Å². The first-order valence-electron chi connectivity index (χ1n) is 10.9. The summed E-state index contributed by atoms with van der Waals surface area (Å²) in [5.41, 5.74) is 2.93. The third kappa shape index (κ3) is 4.68. The van der Waals surface area contributed by atoms with E-state index in [2.05, 4.69) is 5.32 Å². The van der Waals surface area contributed by atoms with E-state index in [4.69, 9.17) is 14.2 Å². The molecule has 0 radical (unpaired) electrons. The number of anilines is 1. The second-order valence-electron chi connectivity index (χ2n) is 7.89. The van der Waals surface area contributed by atoms with Crippen molar-refractivity contribution < 1.29 is 28.6 Å². The number of thiophene rings is 1. The zero-order valence-electron chi connectivity index (χ0n) is 19.1. The van der Waals surface area contributed by atoms with E-state index in [1.54, 1.807) is 6.92 Å². The third-order valence-corrected chi connectivity index (χ3v) is 6.97. The van der Waals surface area contributed by atoms with Gasteiger partial charge in [0.1, 0.15) is 10.8 Å². The predicted octanol–water partition coefficient (Wildman–Crippen LogP) is 4.81. The van der Waals surface area contributed by atoms with Gasteiger partial charge < -0.3 is 19.5 Å². The van der Waals surface area contributed by atoms with E-state index in [0.29, 0.717) is 29.2 Å². The van der Waals surface area contributed by atoms with Gasteiger partial charge in [0.25, 0.3) is 5.91 Å². The molecule has 1 amide bonds. The molecule has 0 unspecified atom stereocenters. The zero-order valence-corrected chi connectivity index (χ0v) is 19.9. The Hall–Kier alpha value is -3.65. The highest BCUT2D eigenvalue weighted by Gasteiger charge is 2.38. The lowest BCUT2D eigenvalue weighted by molar-refractivity contribution is -0.142. The van der Waals surface area contributed by atoms with Gasteiger partial charge in [-0.3, -0.25) is 9.59 Å². The van der Waals surface area contributed by atoms with Crippen molar-refractivity contribution in [1.82, 2.24) is 0 Å². The maximum Gasteiger partial charge on any atom is 0.341 e. The molecule has 1 aliphatic rings. The largest absolute Gasteiger partial charge is 0.481 e. The van der Waals surface area contributed by atoms with Crippen molar-refractivity contribution in [2.45, 2.75) is 31.8 Å². The van der Waals surface area contributed by atoms with Gasteiger partial charge in [0, 0.05) is 4.88 Å². The monoisotopic (exact) mass is 479 g/mol. The lowest BCUT2D eigenvalue weighted by Crippen LogP contribution is -2.30. The second-order valence-corrected chi connectivity index (χ2v) is 8.99. The van der Waals surface area contributed by atoms with Crippen LogP contribution < -0.4 is 10.1 Å². The molecule has 2 atom stereocenters. The highest BCUT2D eigenvalue weighted by atomic mass is 32.1. The fourth-order valence-corrected chi connectivity index (χ4v) is 5.33. The minimum absolute atomic E-state index is 0.211. The molecule has 0 saturated carbocycles. The molecule has 0 fully saturated rings. The van der Waals surface area contributed by atoms with Gasteiger partial charge in [0.15, 0.2) is 6.10 Å². The molecule has 8 heteroatoms. The minimum atomic E-state index is -0.818. The molecule has 4 rings (SSSR count). The molecule has 0 aliphatic heterocycles. The number of hydrogen-bond acceptors (Lipinski definition) is 7. The number of nitrogens with one attached hydrogen (secondary N) is 1. The summed E-state index contributed by atoms with van der Waals surface area (Å²) in [6.07, 6.45) is 0.366. The first kappa shape index (κ1) is 23.5. The molecule has 1 aromatic heterocycles. The van der Waals surface area contributed by atoms with E-state index < -0.39 is 29.9 Å². The summed E-state index contributed by atoms with van der Waals surface area (Å²) in [5, 5.41) is 3.14. The Morgan fingerprint density at radius 3 is 2.29 bits per heavy atom. The van der Waals surface area contributed by atoms with Crippen molar-refractivity contribution in [3.63, 3.8) is 0 Å². The van der Waals surface area contributed by atoms with Crippen molar-refractivity contribution >= 4 is 34.2 Å². The van der Waals surface area contributed by atoms with Gasteiger partial charge in [0.05, 0.1) is 25.7 Å². The van der Waals surface area contributed by atoms with Crippen molar-refractivity contribution in [2.24, 2.45) is 0 Å². The molecule has 0 bridgehead atoms. The van der Waals surface area contributed by atoms with E-state index in [0.717, 1.165) is 16.0 Å². The Balaban J connectivity index is 1.49. The van der Waals surface area contributed by atoms with Crippen LogP contribution in [0.1, 0.15) is 40.1 Å². The number of carbonyl (C=O) groups excluding carboxylic acids is 3. The van der Waals surface area contributed by atoms with E-state index in [1.807, 2.05) is 54.6 Å². The van der Waals surface area contributed by atoms with Gasteiger partial charge >= 0.3 is 11.9 Å². The molecule has 0 saturated heterocycles. The van der Waals surface area contributed by atoms with Crippen molar-refractivity contribution in [3.05, 3.63) is 70.6 Å². The van der Waals surface area contributed by atoms with E-state index in [-0.39, 0.29) is 5.56 Å². The van der Waals surface area contributed by atoms with Gasteiger partial charge in [-0.25, -0.2) is 4.79 Å². The molecular weight excluding hydrogens is 454 g/mol. The SMILES string of the molecule is COC(=O)c1c(NC(=O)[C@H](C)Oc2ccc(-c3ccccc3)cc2)sc2c1[C@@H](C(=O)OC)CC2. The molecule has 3 aromatic rings. The minimum Gasteiger partial charge on any atom is -0.481 e. The number of aryl methyl sites for hydroxylation is 1. The standard InChI is InChI=1S/C26H25NO6S/c1-15(33-18-11-9-17(10-12-18)16-7-5-4-6-8-16)23(28)27-24-22(26(30)32-3)21-19(25(29)31-2)13-14-20(21)34-24/h4-12,15,19H,13-14H2,1-3H3,(H,27,28)/t15-,19-/m0/s1. The van der Waals surface area contributed by atoms with Gasteiger partial charge in [-0.15, -0.1) is 11.3 Å². The lowest BCUT2D eigenvalue weighted by atomic mass is 9.99. The van der Waals surface area contributed by atoms with Crippen LogP contribution in [0.4, 0.5) is 5.00 Å². The first-order chi connectivity index (χ1) is 16.4. The van der Waals surface area contributed by atoms with Crippen LogP contribution in [0, 0.1) is 0 Å². The Morgan fingerprint density at radius 1 is 0.971 bits per heavy atom. The van der Waals surface area contributed by atoms with E-state index in [1.165, 1.54) is 25.6 Å². The number of benzene rings is 2. The van der Waals surface area contributed by atoms with Gasteiger partial charge in [-0.1, -0.05) is 42.5 Å². The van der Waals surface area contributed by atoms with Crippen LogP contribution >= 0.6 is 11.3 Å². The number of hydrogen-bond donors (Lipinski definition) is 1. The van der Waals surface area contributed by atoms with Crippen LogP contribution in [-0.4, -0.2) is 38.2 Å². The Labute approximate surface area is 201 Å². The van der Waals surface area contributed by atoms with E-state index in [9.17, 15) is 14.4 Å². The molecule has 0 spiro atoms. The predicted molar refractivity (Wildman–Crippen MR) is 129 cm³/mol. The molecule has 2 aromatic carbocycles. The Kier molecular flexibility index (Phi) is 6.98. The summed E-state index contributed by atoms with van der Waals surface area (Å²) >= 11 is 1.28. The maximum atomic E-state index is 12.9. The van der Waals surface area contributed by atoms with E-state index >= 15 is 0 Å². The summed E-state index contributed by atoms with van der Waals surface area (Å²) in [5.74, 6) is -1.42. The normalized spacial score (nSPS) is 15.2. The maximum absolute atomic E-state index is 12.9. The smallest absolute Gasteiger partial charge is 0.341 e. The van der Waals surface area contributed by atoms with Gasteiger partial charge in [0.2, 0.25) is 0 Å². The van der Waals surface area contributed by atoms with Crippen LogP contribution in [-0.2, 0) is 25.5 Å². The van der Waals surface area contributed by atoms with Crippen molar-refractivity contribution in [3.8, 4) is 16.9 Å². The van der Waals surface area contributed by atoms with Crippen LogP contribution in [0.5, 0.6) is 5.75 Å². The lowest BCUT2D eigenvalue weighted by Gasteiger charge is -2.16. The zero-order chi connectivity index (χ0) is 24.2. The second kappa shape index (κ2) is 10.1. The molecule has 1 aliphatic carbocycles. The summed E-state index contributed by atoms with van der Waals surface area (Å²) in [4.78, 5) is 38.5. The average molecular weight is 480 g/mol. The number of esters is 2. The van der Waals surface area contributed by atoms with Crippen LogP contribution in [0.15, 0.2) is 54.6 Å². The number of carbonyl (C=O) groups is 3. The molecule has 34 heavy (non-hydrogen) atoms. The highest BCUT2D eigenvalue weighted by molar-refractivity contribution is 7.17. The highest BCUT2D eigenvalue weighted by Crippen LogP contribution is 2.46. The fourth-order valence-electron chi connectivity index (χ4n) is 4.06. The van der Waals surface area contributed by atoms with Crippen LogP contribution in [0.2, 0.25) is 0 Å². The topological polar surface area (TPSA) is 90.9 Å². The Bertz CT molecular complexity index is 1200. The summed E-state index contributed by atoms with van der Waals surface area (Å²) < 4.78 is 15.7. The average Bonchev–Trinajstić information content (AvgIpc) is 3.42. The molecule has 7 nitrogen and oxygen atoms in total. The number of ether oxygens (including phenoxy) is 3. The summed E-state index contributed by atoms with van der Waals surface area (Å²) in [7, 11) is 2.59. The number of fused-ring (bicyclic) bond motifs is 1. The fraction of sp³-hybridized carbons (Fsp3) is 0.269. The van der Waals surface area contributed by atoms with Crippen molar-refractivity contribution in [1.29, 1.82) is 0 Å². The van der Waals surface area contributed by atoms with Gasteiger partial charge in [-0.05, 0) is 48.6 Å². The van der Waals surface area contributed by atoms with Crippen LogP contribution in [0.3, 0.4) is 0 Å². The quantitative estimate of drug-likeness (QED) is 0.489. The number of amides is 1. The third-order valence-electron chi connectivity index (χ3n) is 5.79. The summed E-state index contributed by atoms with van der Waals surface area (Å²) in [6.45, 7) is 1.64. The molecule has 176 valence electrons. The summed E-state index contributed by atoms with van der Waals surface area (Å²) in [6, 6.07) is 17.4. The number of rotatable bonds is 7. The van der Waals surface area contributed by atoms with Crippen LogP contribution in [0.25, 0.3) is 11.1 Å². The van der Waals surface area contributed by atoms with Gasteiger partial charge in [-0.2, -0.15) is 0 Å². The number of methoxy groups -OCH3 is 2. The molecule has 1 N–H and O–H groups in total. The molecule has 1 heterocycles. The first-order valence-corrected chi connectivity index (χ1v) is 11.7. The Morgan fingerprint density at radius 2 is 1.65 bits per heavy atom. The molecular formula is C26H25NO6S.